The zero-order chi connectivity index (χ0) is 26.9. The molecule has 0 aliphatic carbocycles. The average Bonchev–Trinajstić information content (AvgIpc) is 2.93. The van der Waals surface area contributed by atoms with Crippen LogP contribution in [0.2, 0.25) is 0 Å². The lowest BCUT2D eigenvalue weighted by Crippen LogP contribution is -2.30. The van der Waals surface area contributed by atoms with Crippen LogP contribution in [0.4, 0.5) is 5.69 Å². The van der Waals surface area contributed by atoms with Crippen molar-refractivity contribution in [3.63, 3.8) is 0 Å². The molecule has 188 valence electrons. The zero-order valence-electron chi connectivity index (χ0n) is 20.6. The van der Waals surface area contributed by atoms with Crippen LogP contribution in [0.15, 0.2) is 119 Å². The van der Waals surface area contributed by atoms with E-state index >= 15 is 0 Å². The van der Waals surface area contributed by atoms with E-state index in [0.29, 0.717) is 16.8 Å². The lowest BCUT2D eigenvalue weighted by atomic mass is 10.1. The highest BCUT2D eigenvalue weighted by atomic mass is 79.9. The van der Waals surface area contributed by atoms with E-state index in [4.69, 9.17) is 0 Å². The predicted octanol–water partition coefficient (Wildman–Crippen LogP) is 7.06. The second-order valence-corrected chi connectivity index (χ2v) is 9.43. The van der Waals surface area contributed by atoms with E-state index in [9.17, 15) is 14.4 Å². The van der Waals surface area contributed by atoms with Crippen molar-refractivity contribution in [3.8, 4) is 0 Å². The molecular formula is C32H25BrN2O3. The molecule has 0 aromatic heterocycles. The number of hydrogen-bond acceptors (Lipinski definition) is 3. The number of rotatable bonds is 8. The van der Waals surface area contributed by atoms with Gasteiger partial charge in [0.05, 0.1) is 0 Å². The summed E-state index contributed by atoms with van der Waals surface area (Å²) >= 11 is 3.43. The molecule has 0 saturated heterocycles. The summed E-state index contributed by atoms with van der Waals surface area (Å²) in [5, 5.41) is 5.52. The van der Waals surface area contributed by atoms with Gasteiger partial charge in [-0.3, -0.25) is 14.4 Å². The summed E-state index contributed by atoms with van der Waals surface area (Å²) in [7, 11) is 0. The van der Waals surface area contributed by atoms with Crippen molar-refractivity contribution in [2.24, 2.45) is 0 Å². The minimum absolute atomic E-state index is 0.0817. The Hall–Kier alpha value is -4.55. The summed E-state index contributed by atoms with van der Waals surface area (Å²) in [5.74, 6) is -1.03. The maximum atomic E-state index is 13.2. The standard InChI is InChI=1S/C32H25BrN2O3/c1-22-8-5-6-10-24(22)16-19-30(36)25-14-17-28(18-15-25)34-32(38)29(21-23-9-7-13-27(33)20-23)35-31(37)26-11-3-2-4-12-26/h2-21H,1H3,(H,34,38)(H,35,37)/b19-16+,29-21-. The lowest BCUT2D eigenvalue weighted by Gasteiger charge is -2.12. The van der Waals surface area contributed by atoms with Crippen LogP contribution in [-0.2, 0) is 4.79 Å². The second-order valence-electron chi connectivity index (χ2n) is 8.52. The molecule has 0 bridgehead atoms. The lowest BCUT2D eigenvalue weighted by molar-refractivity contribution is -0.113. The van der Waals surface area contributed by atoms with Crippen molar-refractivity contribution in [2.75, 3.05) is 5.32 Å². The molecule has 0 aliphatic heterocycles. The number of benzene rings is 4. The molecule has 0 heterocycles. The summed E-state index contributed by atoms with van der Waals surface area (Å²) in [6, 6.07) is 30.5. The van der Waals surface area contributed by atoms with Crippen LogP contribution in [0.5, 0.6) is 0 Å². The van der Waals surface area contributed by atoms with Crippen molar-refractivity contribution < 1.29 is 14.4 Å². The van der Waals surface area contributed by atoms with Gasteiger partial charge in [0.15, 0.2) is 5.78 Å². The van der Waals surface area contributed by atoms with Gasteiger partial charge in [-0.05, 0) is 84.3 Å². The third-order valence-electron chi connectivity index (χ3n) is 5.72. The summed E-state index contributed by atoms with van der Waals surface area (Å²) in [6.45, 7) is 1.99. The molecule has 0 atom stereocenters. The van der Waals surface area contributed by atoms with E-state index in [0.717, 1.165) is 21.2 Å². The van der Waals surface area contributed by atoms with Gasteiger partial charge < -0.3 is 10.6 Å². The van der Waals surface area contributed by atoms with Crippen molar-refractivity contribution in [2.45, 2.75) is 6.92 Å². The monoisotopic (exact) mass is 564 g/mol. The number of hydrogen-bond donors (Lipinski definition) is 2. The summed E-state index contributed by atoms with van der Waals surface area (Å²) in [6.07, 6.45) is 4.94. The van der Waals surface area contributed by atoms with Gasteiger partial charge >= 0.3 is 0 Å². The van der Waals surface area contributed by atoms with Gasteiger partial charge in [0, 0.05) is 21.3 Å². The molecule has 4 aromatic carbocycles. The number of carbonyl (C=O) groups excluding carboxylic acids is 3. The highest BCUT2D eigenvalue weighted by Crippen LogP contribution is 2.17. The van der Waals surface area contributed by atoms with Gasteiger partial charge in [-0.25, -0.2) is 0 Å². The topological polar surface area (TPSA) is 75.3 Å². The van der Waals surface area contributed by atoms with E-state index in [1.54, 1.807) is 60.7 Å². The fraction of sp³-hybridized carbons (Fsp3) is 0.0312. The number of nitrogens with one attached hydrogen (secondary N) is 2. The number of allylic oxidation sites excluding steroid dienone is 1. The van der Waals surface area contributed by atoms with E-state index in [2.05, 4.69) is 26.6 Å². The van der Waals surface area contributed by atoms with Crippen LogP contribution < -0.4 is 10.6 Å². The molecule has 0 fully saturated rings. The van der Waals surface area contributed by atoms with Crippen LogP contribution in [-0.4, -0.2) is 17.6 Å². The van der Waals surface area contributed by atoms with Gasteiger partial charge in [0.1, 0.15) is 5.70 Å². The van der Waals surface area contributed by atoms with Crippen molar-refractivity contribution in [3.05, 3.63) is 147 Å². The van der Waals surface area contributed by atoms with Crippen molar-refractivity contribution in [1.82, 2.24) is 5.32 Å². The minimum atomic E-state index is -0.493. The molecule has 5 nitrogen and oxygen atoms in total. The molecule has 0 spiro atoms. The third kappa shape index (κ3) is 7.24. The molecule has 4 rings (SSSR count). The molecule has 0 saturated carbocycles. The number of amides is 2. The maximum Gasteiger partial charge on any atom is 0.272 e. The first-order chi connectivity index (χ1) is 18.4. The van der Waals surface area contributed by atoms with Crippen LogP contribution in [0, 0.1) is 6.92 Å². The van der Waals surface area contributed by atoms with Gasteiger partial charge in [-0.1, -0.05) is 76.6 Å². The van der Waals surface area contributed by atoms with Crippen LogP contribution in [0.1, 0.15) is 37.4 Å². The Labute approximate surface area is 230 Å². The first-order valence-corrected chi connectivity index (χ1v) is 12.7. The third-order valence-corrected chi connectivity index (χ3v) is 6.21. The zero-order valence-corrected chi connectivity index (χ0v) is 22.2. The maximum absolute atomic E-state index is 13.2. The number of anilines is 1. The average molecular weight is 565 g/mol. The summed E-state index contributed by atoms with van der Waals surface area (Å²) < 4.78 is 0.845. The Kier molecular flexibility index (Phi) is 8.80. The molecule has 6 heteroatoms. The molecule has 0 unspecified atom stereocenters. The number of aryl methyl sites for hydroxylation is 1. The fourth-order valence-electron chi connectivity index (χ4n) is 3.66. The Balaban J connectivity index is 1.50. The Bertz CT molecular complexity index is 1520. The van der Waals surface area contributed by atoms with Gasteiger partial charge in [-0.15, -0.1) is 0 Å². The van der Waals surface area contributed by atoms with Crippen molar-refractivity contribution >= 4 is 51.4 Å². The van der Waals surface area contributed by atoms with E-state index in [-0.39, 0.29) is 11.5 Å². The van der Waals surface area contributed by atoms with Gasteiger partial charge in [-0.2, -0.15) is 0 Å². The highest BCUT2D eigenvalue weighted by molar-refractivity contribution is 9.10. The number of halogens is 1. The normalized spacial score (nSPS) is 11.3. The van der Waals surface area contributed by atoms with Crippen molar-refractivity contribution in [1.29, 1.82) is 0 Å². The molecule has 0 aliphatic rings. The number of carbonyl (C=O) groups is 3. The molecule has 2 N–H and O–H groups in total. The first-order valence-electron chi connectivity index (χ1n) is 11.9. The van der Waals surface area contributed by atoms with E-state index in [1.807, 2.05) is 61.5 Å². The van der Waals surface area contributed by atoms with Gasteiger partial charge in [0.2, 0.25) is 0 Å². The molecule has 0 radical (unpaired) electrons. The molecule has 4 aromatic rings. The van der Waals surface area contributed by atoms with Crippen LogP contribution in [0.3, 0.4) is 0 Å². The van der Waals surface area contributed by atoms with Gasteiger partial charge in [0.25, 0.3) is 11.8 Å². The fourth-order valence-corrected chi connectivity index (χ4v) is 4.07. The van der Waals surface area contributed by atoms with E-state index < -0.39 is 11.8 Å². The second kappa shape index (κ2) is 12.6. The summed E-state index contributed by atoms with van der Waals surface area (Å²) in [4.78, 5) is 38.6. The summed E-state index contributed by atoms with van der Waals surface area (Å²) in [5.41, 5.74) is 4.30. The largest absolute Gasteiger partial charge is 0.321 e. The predicted molar refractivity (Wildman–Crippen MR) is 156 cm³/mol. The Morgan fingerprint density at radius 1 is 0.763 bits per heavy atom. The quantitative estimate of drug-likeness (QED) is 0.177. The van der Waals surface area contributed by atoms with E-state index in [1.165, 1.54) is 6.08 Å². The first kappa shape index (κ1) is 26.5. The Morgan fingerprint density at radius 2 is 1.47 bits per heavy atom. The molecule has 2 amide bonds. The number of ketones is 1. The Morgan fingerprint density at radius 3 is 2.18 bits per heavy atom. The van der Waals surface area contributed by atoms with Crippen LogP contribution in [0.25, 0.3) is 12.2 Å². The smallest absolute Gasteiger partial charge is 0.272 e. The van der Waals surface area contributed by atoms with Crippen LogP contribution >= 0.6 is 15.9 Å². The minimum Gasteiger partial charge on any atom is -0.321 e. The molecule has 38 heavy (non-hydrogen) atoms. The SMILES string of the molecule is Cc1ccccc1/C=C/C(=O)c1ccc(NC(=O)/C(=C/c2cccc(Br)c2)NC(=O)c2ccccc2)cc1. The highest BCUT2D eigenvalue weighted by Gasteiger charge is 2.15. The molecular weight excluding hydrogens is 540 g/mol.